The Kier molecular flexibility index (Phi) is 8.34. The molecule has 0 spiro atoms. The van der Waals surface area contributed by atoms with Crippen LogP contribution in [-0.4, -0.2) is 25.2 Å². The summed E-state index contributed by atoms with van der Waals surface area (Å²) in [7, 11) is -3.89. The van der Waals surface area contributed by atoms with Gasteiger partial charge in [-0.25, -0.2) is 8.42 Å². The van der Waals surface area contributed by atoms with E-state index < -0.39 is 10.0 Å². The molecule has 34 heavy (non-hydrogen) atoms. The lowest BCUT2D eigenvalue weighted by Gasteiger charge is -2.24. The van der Waals surface area contributed by atoms with Crippen molar-refractivity contribution in [3.63, 3.8) is 0 Å². The zero-order valence-electron chi connectivity index (χ0n) is 20.2. The average Bonchev–Trinajstić information content (AvgIpc) is 2.77. The van der Waals surface area contributed by atoms with Crippen LogP contribution < -0.4 is 5.32 Å². The maximum absolute atomic E-state index is 13.5. The van der Waals surface area contributed by atoms with Crippen molar-refractivity contribution in [3.05, 3.63) is 98.5 Å². The second-order valence-corrected chi connectivity index (χ2v) is 11.6. The highest BCUT2D eigenvalue weighted by atomic mass is 79.9. The fourth-order valence-corrected chi connectivity index (χ4v) is 5.50. The standard InChI is InChI=1S/C27H31BrN2O3S/c1-18-6-8-23(9-7-18)16-30(34(32,33)25-12-10-24(28)11-13-25)17-27(31)29-22(5)26-15-20(3)19(2)14-21(26)4/h6-15,22H,16-17H2,1-5H3,(H,29,31)/t22-/m0/s1. The number of halogens is 1. The van der Waals surface area contributed by atoms with Crippen LogP contribution in [0.25, 0.3) is 0 Å². The molecule has 180 valence electrons. The van der Waals surface area contributed by atoms with Gasteiger partial charge in [0.1, 0.15) is 0 Å². The first-order valence-corrected chi connectivity index (χ1v) is 13.4. The Balaban J connectivity index is 1.85. The first-order chi connectivity index (χ1) is 16.0. The van der Waals surface area contributed by atoms with Crippen LogP contribution in [0.1, 0.15) is 46.3 Å². The number of nitrogens with zero attached hydrogens (tertiary/aromatic N) is 1. The van der Waals surface area contributed by atoms with Crippen molar-refractivity contribution in [1.29, 1.82) is 0 Å². The number of rotatable bonds is 8. The lowest BCUT2D eigenvalue weighted by molar-refractivity contribution is -0.122. The molecule has 0 saturated carbocycles. The molecular weight excluding hydrogens is 512 g/mol. The highest BCUT2D eigenvalue weighted by Gasteiger charge is 2.27. The zero-order chi connectivity index (χ0) is 25.0. The number of sulfonamides is 1. The molecule has 0 fully saturated rings. The van der Waals surface area contributed by atoms with E-state index in [9.17, 15) is 13.2 Å². The number of nitrogens with one attached hydrogen (secondary N) is 1. The molecule has 0 aliphatic carbocycles. The van der Waals surface area contributed by atoms with Crippen molar-refractivity contribution in [2.45, 2.75) is 52.1 Å². The molecule has 1 N–H and O–H groups in total. The molecule has 0 saturated heterocycles. The van der Waals surface area contributed by atoms with Gasteiger partial charge in [-0.15, -0.1) is 0 Å². The van der Waals surface area contributed by atoms with Gasteiger partial charge in [0.15, 0.2) is 0 Å². The Morgan fingerprint density at radius 2 is 1.50 bits per heavy atom. The molecule has 0 aromatic heterocycles. The van der Waals surface area contributed by atoms with E-state index in [4.69, 9.17) is 0 Å². The molecule has 1 atom stereocenters. The van der Waals surface area contributed by atoms with E-state index in [0.717, 1.165) is 32.3 Å². The van der Waals surface area contributed by atoms with E-state index in [0.29, 0.717) is 0 Å². The third-order valence-electron chi connectivity index (χ3n) is 5.98. The maximum Gasteiger partial charge on any atom is 0.243 e. The average molecular weight is 544 g/mol. The molecular formula is C27H31BrN2O3S. The molecule has 0 aliphatic rings. The minimum absolute atomic E-state index is 0.100. The summed E-state index contributed by atoms with van der Waals surface area (Å²) < 4.78 is 29.0. The molecule has 3 aromatic rings. The zero-order valence-corrected chi connectivity index (χ0v) is 22.6. The summed E-state index contributed by atoms with van der Waals surface area (Å²) in [5, 5.41) is 2.99. The molecule has 0 aliphatic heterocycles. The van der Waals surface area contributed by atoms with Gasteiger partial charge >= 0.3 is 0 Å². The van der Waals surface area contributed by atoms with Gasteiger partial charge in [0, 0.05) is 11.0 Å². The highest BCUT2D eigenvalue weighted by molar-refractivity contribution is 9.10. The van der Waals surface area contributed by atoms with Crippen LogP contribution in [0.5, 0.6) is 0 Å². The molecule has 0 unspecified atom stereocenters. The Hall–Kier alpha value is -2.48. The van der Waals surface area contributed by atoms with E-state index in [1.54, 1.807) is 24.3 Å². The summed E-state index contributed by atoms with van der Waals surface area (Å²) >= 11 is 3.34. The van der Waals surface area contributed by atoms with E-state index in [1.165, 1.54) is 9.87 Å². The summed E-state index contributed by atoms with van der Waals surface area (Å²) in [5.74, 6) is -0.349. The molecule has 5 nitrogen and oxygen atoms in total. The summed E-state index contributed by atoms with van der Waals surface area (Å²) in [6.07, 6.45) is 0. The minimum atomic E-state index is -3.89. The fourth-order valence-electron chi connectivity index (χ4n) is 3.85. The number of carbonyl (C=O) groups is 1. The Morgan fingerprint density at radius 1 is 0.912 bits per heavy atom. The van der Waals surface area contributed by atoms with Crippen LogP contribution >= 0.6 is 15.9 Å². The van der Waals surface area contributed by atoms with Gasteiger partial charge in [-0.05, 0) is 86.7 Å². The van der Waals surface area contributed by atoms with Crippen LogP contribution in [0.15, 0.2) is 70.0 Å². The SMILES string of the molecule is Cc1ccc(CN(CC(=O)N[C@@H](C)c2cc(C)c(C)cc2C)S(=O)(=O)c2ccc(Br)cc2)cc1. The summed E-state index contributed by atoms with van der Waals surface area (Å²) in [6.45, 7) is 9.84. The van der Waals surface area contributed by atoms with Crippen LogP contribution in [0.3, 0.4) is 0 Å². The first-order valence-electron chi connectivity index (χ1n) is 11.2. The lowest BCUT2D eigenvalue weighted by atomic mass is 9.96. The number of carbonyl (C=O) groups excluding carboxylic acids is 1. The Labute approximate surface area is 211 Å². The topological polar surface area (TPSA) is 66.5 Å². The number of hydrogen-bond acceptors (Lipinski definition) is 3. The van der Waals surface area contributed by atoms with E-state index in [-0.39, 0.29) is 29.9 Å². The number of aryl methyl sites for hydroxylation is 4. The van der Waals surface area contributed by atoms with Gasteiger partial charge in [0.25, 0.3) is 0 Å². The molecule has 7 heteroatoms. The second kappa shape index (κ2) is 10.8. The van der Waals surface area contributed by atoms with Crippen molar-refractivity contribution in [1.82, 2.24) is 9.62 Å². The molecule has 3 rings (SSSR count). The van der Waals surface area contributed by atoms with Gasteiger partial charge in [0.05, 0.1) is 17.5 Å². The summed E-state index contributed by atoms with van der Waals surface area (Å²) in [4.78, 5) is 13.2. The second-order valence-electron chi connectivity index (χ2n) is 8.79. The number of benzene rings is 3. The predicted molar refractivity (Wildman–Crippen MR) is 140 cm³/mol. The molecule has 3 aromatic carbocycles. The number of hydrogen-bond donors (Lipinski definition) is 1. The van der Waals surface area contributed by atoms with Gasteiger partial charge in [0.2, 0.25) is 15.9 Å². The normalized spacial score (nSPS) is 12.6. The van der Waals surface area contributed by atoms with Crippen LogP contribution in [0.2, 0.25) is 0 Å². The predicted octanol–water partition coefficient (Wildman–Crippen LogP) is 5.75. The lowest BCUT2D eigenvalue weighted by Crippen LogP contribution is -2.41. The maximum atomic E-state index is 13.5. The smallest absolute Gasteiger partial charge is 0.243 e. The highest BCUT2D eigenvalue weighted by Crippen LogP contribution is 2.23. The molecule has 0 bridgehead atoms. The molecule has 1 amide bonds. The Bertz CT molecular complexity index is 1270. The van der Waals surface area contributed by atoms with Crippen LogP contribution in [-0.2, 0) is 21.4 Å². The van der Waals surface area contributed by atoms with Crippen molar-refractivity contribution < 1.29 is 13.2 Å². The van der Waals surface area contributed by atoms with E-state index >= 15 is 0 Å². The summed E-state index contributed by atoms with van der Waals surface area (Å²) in [5.41, 5.74) is 6.37. The monoisotopic (exact) mass is 542 g/mol. The van der Waals surface area contributed by atoms with Crippen molar-refractivity contribution in [2.24, 2.45) is 0 Å². The summed E-state index contributed by atoms with van der Waals surface area (Å²) in [6, 6.07) is 18.0. The quantitative estimate of drug-likeness (QED) is 0.394. The Morgan fingerprint density at radius 3 is 2.12 bits per heavy atom. The molecule has 0 heterocycles. The van der Waals surface area contributed by atoms with Crippen molar-refractivity contribution in [2.75, 3.05) is 6.54 Å². The third kappa shape index (κ3) is 6.34. The van der Waals surface area contributed by atoms with Crippen LogP contribution in [0.4, 0.5) is 0 Å². The number of amides is 1. The van der Waals surface area contributed by atoms with Crippen LogP contribution in [0, 0.1) is 27.7 Å². The van der Waals surface area contributed by atoms with Gasteiger partial charge in [-0.3, -0.25) is 4.79 Å². The minimum Gasteiger partial charge on any atom is -0.348 e. The molecule has 0 radical (unpaired) electrons. The first kappa shape index (κ1) is 26.1. The van der Waals surface area contributed by atoms with Gasteiger partial charge in [-0.2, -0.15) is 4.31 Å². The fraction of sp³-hybridized carbons (Fsp3) is 0.296. The van der Waals surface area contributed by atoms with Gasteiger partial charge < -0.3 is 5.32 Å². The van der Waals surface area contributed by atoms with E-state index in [1.807, 2.05) is 52.0 Å². The van der Waals surface area contributed by atoms with Crippen molar-refractivity contribution in [3.8, 4) is 0 Å². The largest absolute Gasteiger partial charge is 0.348 e. The van der Waals surface area contributed by atoms with Gasteiger partial charge in [-0.1, -0.05) is 57.9 Å². The van der Waals surface area contributed by atoms with E-state index in [2.05, 4.69) is 40.3 Å². The van der Waals surface area contributed by atoms with Crippen molar-refractivity contribution >= 4 is 31.9 Å². The third-order valence-corrected chi connectivity index (χ3v) is 8.31.